The molecule has 0 fully saturated rings. The van der Waals surface area contributed by atoms with Crippen molar-refractivity contribution >= 4 is 24.2 Å². The average Bonchev–Trinajstić information content (AvgIpc) is 2.84. The highest BCUT2D eigenvalue weighted by atomic mass is 16.6. The van der Waals surface area contributed by atoms with Crippen LogP contribution in [0.5, 0.6) is 0 Å². The van der Waals surface area contributed by atoms with Crippen molar-refractivity contribution in [1.29, 1.82) is 0 Å². The normalized spacial score (nSPS) is 11.7. The largest absolute Gasteiger partial charge is 0.450 e. The molecular weight excluding hydrogens is 468 g/mol. The van der Waals surface area contributed by atoms with Crippen molar-refractivity contribution in [3.63, 3.8) is 0 Å². The average molecular weight is 501 g/mol. The number of urea groups is 2. The number of amides is 6. The molecule has 0 aromatic heterocycles. The van der Waals surface area contributed by atoms with Gasteiger partial charge in [-0.15, -0.1) is 0 Å². The van der Waals surface area contributed by atoms with Gasteiger partial charge in [0, 0.05) is 12.8 Å². The van der Waals surface area contributed by atoms with Crippen molar-refractivity contribution in [3.05, 3.63) is 71.8 Å². The molecule has 0 saturated carbocycles. The van der Waals surface area contributed by atoms with Gasteiger partial charge >= 0.3 is 24.2 Å². The van der Waals surface area contributed by atoms with Crippen LogP contribution in [0.2, 0.25) is 0 Å². The van der Waals surface area contributed by atoms with E-state index < -0.39 is 36.6 Å². The fourth-order valence-electron chi connectivity index (χ4n) is 3.11. The van der Waals surface area contributed by atoms with E-state index in [2.05, 4.69) is 32.1 Å². The molecule has 6 amide bonds. The number of nitrogens with one attached hydrogen (secondary N) is 6. The number of benzene rings is 2. The van der Waals surface area contributed by atoms with Gasteiger partial charge in [0.25, 0.3) is 0 Å². The summed E-state index contributed by atoms with van der Waals surface area (Å²) in [4.78, 5) is 48.5. The molecule has 2 rings (SSSR count). The molecule has 12 nitrogen and oxygen atoms in total. The van der Waals surface area contributed by atoms with Gasteiger partial charge in [-0.1, -0.05) is 60.7 Å². The van der Waals surface area contributed by atoms with Gasteiger partial charge in [0.1, 0.15) is 12.3 Å². The zero-order valence-electron chi connectivity index (χ0n) is 20.2. The van der Waals surface area contributed by atoms with Crippen molar-refractivity contribution in [2.24, 2.45) is 0 Å². The summed E-state index contributed by atoms with van der Waals surface area (Å²) in [6.45, 7) is 3.66. The van der Waals surface area contributed by atoms with Gasteiger partial charge in [0.15, 0.2) is 0 Å². The first kappa shape index (κ1) is 27.8. The lowest BCUT2D eigenvalue weighted by Gasteiger charge is -2.22. The fraction of sp³-hybridized carbons (Fsp3) is 0.333. The van der Waals surface area contributed by atoms with Crippen LogP contribution in [0.25, 0.3) is 0 Å². The van der Waals surface area contributed by atoms with E-state index in [1.165, 1.54) is 0 Å². The predicted molar refractivity (Wildman–Crippen MR) is 132 cm³/mol. The van der Waals surface area contributed by atoms with Crippen LogP contribution in [-0.2, 0) is 22.3 Å². The molecule has 0 spiro atoms. The van der Waals surface area contributed by atoms with Crippen LogP contribution in [0, 0.1) is 0 Å². The van der Waals surface area contributed by atoms with Crippen LogP contribution in [0.3, 0.4) is 0 Å². The van der Waals surface area contributed by atoms with E-state index in [9.17, 15) is 19.2 Å². The lowest BCUT2D eigenvalue weighted by molar-refractivity contribution is 0.144. The van der Waals surface area contributed by atoms with Crippen LogP contribution in [0.4, 0.5) is 19.2 Å². The van der Waals surface area contributed by atoms with Gasteiger partial charge in [-0.2, -0.15) is 0 Å². The highest BCUT2D eigenvalue weighted by Gasteiger charge is 2.19. The third kappa shape index (κ3) is 11.1. The number of hydrogen-bond donors (Lipinski definition) is 6. The smallest absolute Gasteiger partial charge is 0.408 e. The Morgan fingerprint density at radius 1 is 0.611 bits per heavy atom. The number of ether oxygens (including phenoxy) is 2. The Morgan fingerprint density at radius 3 is 1.31 bits per heavy atom. The topological polar surface area (TPSA) is 159 Å². The van der Waals surface area contributed by atoms with Gasteiger partial charge in [-0.3, -0.25) is 0 Å². The zero-order chi connectivity index (χ0) is 26.2. The summed E-state index contributed by atoms with van der Waals surface area (Å²) in [5, 5.41) is 10.2. The molecule has 2 atom stereocenters. The summed E-state index contributed by atoms with van der Waals surface area (Å²) >= 11 is 0. The van der Waals surface area contributed by atoms with Crippen molar-refractivity contribution in [2.45, 2.75) is 39.0 Å². The third-order valence-electron chi connectivity index (χ3n) is 4.60. The minimum Gasteiger partial charge on any atom is -0.450 e. The van der Waals surface area contributed by atoms with Crippen LogP contribution >= 0.6 is 0 Å². The standard InChI is InChI=1S/C24H32N6O6/c1-3-35-23(33)27-19(15-17-11-7-5-8-12-17)25-21(31)29-30-22(32)26-20(28-24(34)36-4-2)16-18-13-9-6-10-14-18/h5-14,19-20H,3-4,15-16H2,1-2H3,(H,27,33)(H,28,34)(H2,25,29,31)(H2,26,30,32). The summed E-state index contributed by atoms with van der Waals surface area (Å²) in [6.07, 6.45) is -2.46. The van der Waals surface area contributed by atoms with Crippen molar-refractivity contribution < 1.29 is 28.7 Å². The van der Waals surface area contributed by atoms with E-state index in [0.717, 1.165) is 11.1 Å². The molecule has 12 heteroatoms. The maximum atomic E-state index is 12.4. The Balaban J connectivity index is 1.91. The van der Waals surface area contributed by atoms with E-state index >= 15 is 0 Å². The lowest BCUT2D eigenvalue weighted by Crippen LogP contribution is -2.59. The van der Waals surface area contributed by atoms with Crippen molar-refractivity contribution in [2.75, 3.05) is 13.2 Å². The minimum absolute atomic E-state index is 0.168. The summed E-state index contributed by atoms with van der Waals surface area (Å²) < 4.78 is 9.77. The maximum Gasteiger partial charge on any atom is 0.408 e. The van der Waals surface area contributed by atoms with E-state index in [-0.39, 0.29) is 26.1 Å². The predicted octanol–water partition coefficient (Wildman–Crippen LogP) is 2.13. The summed E-state index contributed by atoms with van der Waals surface area (Å²) in [5.74, 6) is 0. The maximum absolute atomic E-state index is 12.4. The monoisotopic (exact) mass is 500 g/mol. The first-order valence-corrected chi connectivity index (χ1v) is 11.5. The first-order chi connectivity index (χ1) is 17.4. The summed E-state index contributed by atoms with van der Waals surface area (Å²) in [5.41, 5.74) is 6.13. The molecule has 6 N–H and O–H groups in total. The van der Waals surface area contributed by atoms with Crippen molar-refractivity contribution in [1.82, 2.24) is 32.1 Å². The molecule has 0 saturated heterocycles. The number of carbonyl (C=O) groups excluding carboxylic acids is 4. The highest BCUT2D eigenvalue weighted by molar-refractivity contribution is 5.81. The van der Waals surface area contributed by atoms with Gasteiger partial charge in [-0.25, -0.2) is 30.0 Å². The Labute approximate surface area is 209 Å². The molecule has 194 valence electrons. The highest BCUT2D eigenvalue weighted by Crippen LogP contribution is 2.03. The van der Waals surface area contributed by atoms with Crippen LogP contribution < -0.4 is 32.1 Å². The Morgan fingerprint density at radius 2 is 0.972 bits per heavy atom. The molecule has 2 aromatic rings. The number of hydrogen-bond acceptors (Lipinski definition) is 6. The molecule has 0 bridgehead atoms. The van der Waals surface area contributed by atoms with Gasteiger partial charge in [-0.05, 0) is 25.0 Å². The second-order valence-corrected chi connectivity index (χ2v) is 7.41. The Bertz CT molecular complexity index is 896. The van der Waals surface area contributed by atoms with E-state index in [4.69, 9.17) is 9.47 Å². The number of carbonyl (C=O) groups is 4. The third-order valence-corrected chi connectivity index (χ3v) is 4.60. The van der Waals surface area contributed by atoms with E-state index in [1.54, 1.807) is 13.8 Å². The summed E-state index contributed by atoms with van der Waals surface area (Å²) in [6, 6.07) is 16.8. The second kappa shape index (κ2) is 15.4. The van der Waals surface area contributed by atoms with Gasteiger partial charge in [0.2, 0.25) is 0 Å². The molecule has 0 aliphatic rings. The SMILES string of the molecule is CCOC(=O)NC(Cc1ccccc1)NC(=O)NNC(=O)NC(Cc1ccccc1)NC(=O)OCC. The second-order valence-electron chi connectivity index (χ2n) is 7.41. The molecular formula is C24H32N6O6. The molecule has 2 aromatic carbocycles. The molecule has 0 aliphatic heterocycles. The fourth-order valence-corrected chi connectivity index (χ4v) is 3.11. The summed E-state index contributed by atoms with van der Waals surface area (Å²) in [7, 11) is 0. The van der Waals surface area contributed by atoms with E-state index in [0.29, 0.717) is 0 Å². The zero-order valence-corrected chi connectivity index (χ0v) is 20.2. The first-order valence-electron chi connectivity index (χ1n) is 11.5. The van der Waals surface area contributed by atoms with Crippen LogP contribution in [0.15, 0.2) is 60.7 Å². The molecule has 0 heterocycles. The molecule has 36 heavy (non-hydrogen) atoms. The van der Waals surface area contributed by atoms with Gasteiger partial charge in [0.05, 0.1) is 13.2 Å². The number of rotatable bonds is 10. The molecule has 0 aliphatic carbocycles. The molecule has 0 radical (unpaired) electrons. The minimum atomic E-state index is -0.812. The quantitative estimate of drug-likeness (QED) is 0.217. The van der Waals surface area contributed by atoms with Crippen LogP contribution in [-0.4, -0.2) is 49.8 Å². The Hall–Kier alpha value is -4.48. The van der Waals surface area contributed by atoms with Crippen LogP contribution in [0.1, 0.15) is 25.0 Å². The van der Waals surface area contributed by atoms with E-state index in [1.807, 2.05) is 60.7 Å². The number of alkyl carbamates (subject to hydrolysis) is 2. The Kier molecular flexibility index (Phi) is 11.9. The molecule has 2 unspecified atom stereocenters. The van der Waals surface area contributed by atoms with Gasteiger partial charge < -0.3 is 30.7 Å². The number of hydrazine groups is 1. The lowest BCUT2D eigenvalue weighted by atomic mass is 10.1. The van der Waals surface area contributed by atoms with Crippen molar-refractivity contribution in [3.8, 4) is 0 Å².